The van der Waals surface area contributed by atoms with Crippen molar-refractivity contribution >= 4 is 22.5 Å². The number of aromatic nitrogens is 1. The van der Waals surface area contributed by atoms with Crippen LogP contribution in [0.2, 0.25) is 0 Å². The Morgan fingerprint density at radius 3 is 2.72 bits per heavy atom. The quantitative estimate of drug-likeness (QED) is 0.592. The van der Waals surface area contributed by atoms with E-state index in [1.807, 2.05) is 36.4 Å². The number of nitrogens with one attached hydrogen (secondary N) is 3. The van der Waals surface area contributed by atoms with E-state index in [0.29, 0.717) is 11.6 Å². The molecule has 1 atom stereocenters. The monoisotopic (exact) mass is 334 g/mol. The highest BCUT2D eigenvalue weighted by molar-refractivity contribution is 6.09. The lowest BCUT2D eigenvalue weighted by atomic mass is 10.0. The second kappa shape index (κ2) is 6.61. The number of fused-ring (bicyclic) bond motifs is 1. The number of anilines is 1. The Labute approximate surface area is 146 Å². The van der Waals surface area contributed by atoms with Gasteiger partial charge in [0.15, 0.2) is 0 Å². The normalized spacial score (nSPS) is 17.5. The molecule has 5 N–H and O–H groups in total. The highest BCUT2D eigenvalue weighted by atomic mass is 16.1. The summed E-state index contributed by atoms with van der Waals surface area (Å²) in [7, 11) is 0. The lowest BCUT2D eigenvalue weighted by Crippen LogP contribution is -2.38. The van der Waals surface area contributed by atoms with Crippen LogP contribution < -0.4 is 16.4 Å². The first kappa shape index (κ1) is 15.7. The summed E-state index contributed by atoms with van der Waals surface area (Å²) in [5.41, 5.74) is 9.98. The first-order chi connectivity index (χ1) is 12.2. The smallest absolute Gasteiger partial charge is 0.250 e. The van der Waals surface area contributed by atoms with Crippen LogP contribution in [0.25, 0.3) is 22.2 Å². The number of piperidine rings is 1. The molecule has 1 amide bonds. The third kappa shape index (κ3) is 3.10. The van der Waals surface area contributed by atoms with Gasteiger partial charge in [0.2, 0.25) is 0 Å². The molecule has 0 aliphatic carbocycles. The van der Waals surface area contributed by atoms with Gasteiger partial charge in [0, 0.05) is 29.4 Å². The molecule has 4 rings (SSSR count). The van der Waals surface area contributed by atoms with Crippen LogP contribution in [0.15, 0.2) is 48.5 Å². The largest absolute Gasteiger partial charge is 0.380 e. The first-order valence-electron chi connectivity index (χ1n) is 8.70. The number of hydrogen-bond donors (Lipinski definition) is 4. The number of H-pyrrole nitrogens is 1. The molecule has 1 fully saturated rings. The average molecular weight is 334 g/mol. The lowest BCUT2D eigenvalue weighted by molar-refractivity contribution is 0.100. The van der Waals surface area contributed by atoms with E-state index in [9.17, 15) is 4.79 Å². The van der Waals surface area contributed by atoms with Crippen molar-refractivity contribution in [3.05, 3.63) is 54.1 Å². The second-order valence-corrected chi connectivity index (χ2v) is 6.55. The number of aromatic amines is 1. The highest BCUT2D eigenvalue weighted by Gasteiger charge is 2.17. The van der Waals surface area contributed by atoms with E-state index >= 15 is 0 Å². The molecule has 5 nitrogen and oxygen atoms in total. The SMILES string of the molecule is NC(=O)c1ccc(N[C@H]2CCCNC2)c2cc(-c3ccccc3)[nH]c12. The number of carbonyl (C=O) groups excluding carboxylic acids is 1. The molecule has 0 radical (unpaired) electrons. The van der Waals surface area contributed by atoms with Crippen molar-refractivity contribution in [1.82, 2.24) is 10.3 Å². The molecule has 25 heavy (non-hydrogen) atoms. The fraction of sp³-hybridized carbons (Fsp3) is 0.250. The Bertz CT molecular complexity index is 895. The van der Waals surface area contributed by atoms with E-state index in [2.05, 4.69) is 21.7 Å². The summed E-state index contributed by atoms with van der Waals surface area (Å²) < 4.78 is 0. The molecule has 1 aliphatic rings. The van der Waals surface area contributed by atoms with Gasteiger partial charge in [-0.2, -0.15) is 0 Å². The minimum Gasteiger partial charge on any atom is -0.380 e. The number of benzene rings is 2. The van der Waals surface area contributed by atoms with Crippen LogP contribution in [0.5, 0.6) is 0 Å². The lowest BCUT2D eigenvalue weighted by Gasteiger charge is -2.25. The van der Waals surface area contributed by atoms with Crippen molar-refractivity contribution in [1.29, 1.82) is 0 Å². The van der Waals surface area contributed by atoms with Crippen LogP contribution >= 0.6 is 0 Å². The zero-order chi connectivity index (χ0) is 17.2. The Kier molecular flexibility index (Phi) is 4.15. The van der Waals surface area contributed by atoms with Crippen LogP contribution in [-0.4, -0.2) is 30.0 Å². The second-order valence-electron chi connectivity index (χ2n) is 6.55. The van der Waals surface area contributed by atoms with Crippen molar-refractivity contribution in [2.45, 2.75) is 18.9 Å². The minimum absolute atomic E-state index is 0.395. The molecule has 1 aliphatic heterocycles. The first-order valence-corrected chi connectivity index (χ1v) is 8.70. The fourth-order valence-corrected chi connectivity index (χ4v) is 3.52. The van der Waals surface area contributed by atoms with Gasteiger partial charge >= 0.3 is 0 Å². The number of rotatable bonds is 4. The minimum atomic E-state index is -0.419. The van der Waals surface area contributed by atoms with E-state index in [-0.39, 0.29) is 0 Å². The van der Waals surface area contributed by atoms with Gasteiger partial charge in [-0.25, -0.2) is 0 Å². The van der Waals surface area contributed by atoms with Gasteiger partial charge < -0.3 is 21.4 Å². The molecule has 1 aromatic heterocycles. The van der Waals surface area contributed by atoms with Crippen LogP contribution in [-0.2, 0) is 0 Å². The molecular formula is C20H22N4O. The predicted octanol–water partition coefficient (Wildman–Crippen LogP) is 3.10. The Balaban J connectivity index is 1.79. The third-order valence-corrected chi connectivity index (χ3v) is 4.80. The summed E-state index contributed by atoms with van der Waals surface area (Å²) in [4.78, 5) is 15.2. The van der Waals surface area contributed by atoms with Crippen molar-refractivity contribution in [3.63, 3.8) is 0 Å². The molecule has 0 spiro atoms. The average Bonchev–Trinajstić information content (AvgIpc) is 3.09. The van der Waals surface area contributed by atoms with Gasteiger partial charge in [-0.05, 0) is 43.1 Å². The van der Waals surface area contributed by atoms with E-state index < -0.39 is 5.91 Å². The number of amides is 1. The molecule has 0 unspecified atom stereocenters. The molecule has 3 aromatic rings. The van der Waals surface area contributed by atoms with Crippen molar-refractivity contribution < 1.29 is 4.79 Å². The molecule has 0 bridgehead atoms. The standard InChI is InChI=1S/C20H22N4O/c21-20(25)15-8-9-17(23-14-7-4-10-22-12-14)16-11-18(24-19(15)16)13-5-2-1-3-6-13/h1-3,5-6,8-9,11,14,22-24H,4,7,10,12H2,(H2,21,25)/t14-/m0/s1. The zero-order valence-electron chi connectivity index (χ0n) is 14.0. The van der Waals surface area contributed by atoms with Gasteiger partial charge in [0.25, 0.3) is 5.91 Å². The maximum Gasteiger partial charge on any atom is 0.250 e. The maximum atomic E-state index is 11.8. The van der Waals surface area contributed by atoms with Gasteiger partial charge in [-0.3, -0.25) is 4.79 Å². The number of nitrogens with two attached hydrogens (primary N) is 1. The van der Waals surface area contributed by atoms with Gasteiger partial charge in [0.1, 0.15) is 0 Å². The summed E-state index contributed by atoms with van der Waals surface area (Å²) >= 11 is 0. The van der Waals surface area contributed by atoms with E-state index in [1.165, 1.54) is 6.42 Å². The molecule has 128 valence electrons. The van der Waals surface area contributed by atoms with Crippen LogP contribution in [0.1, 0.15) is 23.2 Å². The van der Waals surface area contributed by atoms with Crippen LogP contribution in [0.3, 0.4) is 0 Å². The van der Waals surface area contributed by atoms with Crippen LogP contribution in [0, 0.1) is 0 Å². The van der Waals surface area contributed by atoms with Gasteiger partial charge in [-0.1, -0.05) is 30.3 Å². The summed E-state index contributed by atoms with van der Waals surface area (Å²) in [6.45, 7) is 2.03. The summed E-state index contributed by atoms with van der Waals surface area (Å²) in [5.74, 6) is -0.419. The molecule has 1 saturated heterocycles. The zero-order valence-corrected chi connectivity index (χ0v) is 14.0. The summed E-state index contributed by atoms with van der Waals surface area (Å²) in [6.07, 6.45) is 2.31. The Morgan fingerprint density at radius 1 is 1.16 bits per heavy atom. The topological polar surface area (TPSA) is 82.9 Å². The van der Waals surface area contributed by atoms with Crippen molar-refractivity contribution in [2.75, 3.05) is 18.4 Å². The van der Waals surface area contributed by atoms with Gasteiger partial charge in [-0.15, -0.1) is 0 Å². The summed E-state index contributed by atoms with van der Waals surface area (Å²) in [5, 5.41) is 8.04. The number of carbonyl (C=O) groups is 1. The Morgan fingerprint density at radius 2 is 2.00 bits per heavy atom. The van der Waals surface area contributed by atoms with Crippen LogP contribution in [0.4, 0.5) is 5.69 Å². The molecular weight excluding hydrogens is 312 g/mol. The Hall–Kier alpha value is -2.79. The highest BCUT2D eigenvalue weighted by Crippen LogP contribution is 2.32. The fourth-order valence-electron chi connectivity index (χ4n) is 3.52. The van der Waals surface area contributed by atoms with E-state index in [4.69, 9.17) is 5.73 Å². The van der Waals surface area contributed by atoms with Crippen molar-refractivity contribution in [3.8, 4) is 11.3 Å². The van der Waals surface area contributed by atoms with E-state index in [0.717, 1.165) is 47.4 Å². The molecule has 0 saturated carbocycles. The van der Waals surface area contributed by atoms with E-state index in [1.54, 1.807) is 6.07 Å². The molecule has 2 aromatic carbocycles. The summed E-state index contributed by atoms with van der Waals surface area (Å²) in [6, 6.07) is 16.3. The third-order valence-electron chi connectivity index (χ3n) is 4.80. The number of primary amides is 1. The maximum absolute atomic E-state index is 11.8. The number of hydrogen-bond acceptors (Lipinski definition) is 3. The molecule has 5 heteroatoms. The molecule has 2 heterocycles. The van der Waals surface area contributed by atoms with Gasteiger partial charge in [0.05, 0.1) is 11.1 Å². The predicted molar refractivity (Wildman–Crippen MR) is 102 cm³/mol. The van der Waals surface area contributed by atoms with Crippen molar-refractivity contribution in [2.24, 2.45) is 5.73 Å².